The highest BCUT2D eigenvalue weighted by Gasteiger charge is 2.27. The van der Waals surface area contributed by atoms with Crippen LogP contribution in [-0.2, 0) is 26.7 Å². The van der Waals surface area contributed by atoms with E-state index in [1.165, 1.54) is 0 Å². The Labute approximate surface area is 168 Å². The van der Waals surface area contributed by atoms with E-state index in [9.17, 15) is 4.79 Å². The summed E-state index contributed by atoms with van der Waals surface area (Å²) in [4.78, 5) is 23.2. The molecule has 0 saturated heterocycles. The molecular weight excluding hydrogens is 364 g/mol. The molecule has 0 aliphatic carbocycles. The molecule has 1 amide bonds. The zero-order valence-electron chi connectivity index (χ0n) is 16.1. The summed E-state index contributed by atoms with van der Waals surface area (Å²) in [5.74, 6) is -0.00703. The van der Waals surface area contributed by atoms with Crippen molar-refractivity contribution >= 4 is 5.91 Å². The molecule has 0 aromatic carbocycles. The molecule has 1 aliphatic heterocycles. The maximum absolute atomic E-state index is 13.2. The highest BCUT2D eigenvalue weighted by atomic mass is 16.2. The summed E-state index contributed by atoms with van der Waals surface area (Å²) in [6.07, 6.45) is 11.0. The molecule has 0 unspecified atom stereocenters. The number of amides is 1. The van der Waals surface area contributed by atoms with Crippen molar-refractivity contribution in [2.24, 2.45) is 7.05 Å². The van der Waals surface area contributed by atoms with Gasteiger partial charge in [0.15, 0.2) is 0 Å². The number of carbonyl (C=O) groups excluding carboxylic acids is 1. The second-order valence-corrected chi connectivity index (χ2v) is 7.25. The zero-order valence-corrected chi connectivity index (χ0v) is 16.1. The van der Waals surface area contributed by atoms with E-state index in [0.29, 0.717) is 25.2 Å². The fourth-order valence-corrected chi connectivity index (χ4v) is 3.80. The highest BCUT2D eigenvalue weighted by molar-refractivity contribution is 5.94. The zero-order chi connectivity index (χ0) is 19.8. The molecule has 4 aromatic heterocycles. The second kappa shape index (κ2) is 7.01. The van der Waals surface area contributed by atoms with Crippen LogP contribution in [0.1, 0.15) is 27.2 Å². The third kappa shape index (κ3) is 3.20. The lowest BCUT2D eigenvalue weighted by Crippen LogP contribution is -2.30. The maximum Gasteiger partial charge on any atom is 0.254 e. The standard InChI is InChI=1S/C22H20N6O/c1-26-10-6-19-20(26)15-27(22(29)17-4-8-23-9-5-17)13-18-14-28(25-21(18)19)12-16-3-2-7-24-11-16/h2-11,14H,12-13,15H2,1H3. The number of aromatic nitrogens is 5. The van der Waals surface area contributed by atoms with Crippen molar-refractivity contribution in [3.8, 4) is 11.3 Å². The number of fused-ring (bicyclic) bond motifs is 3. The number of carbonyl (C=O) groups is 1. The van der Waals surface area contributed by atoms with Crippen molar-refractivity contribution in [3.05, 3.63) is 89.9 Å². The van der Waals surface area contributed by atoms with Crippen molar-refractivity contribution in [3.63, 3.8) is 0 Å². The van der Waals surface area contributed by atoms with Crippen LogP contribution in [-0.4, -0.2) is 35.1 Å². The van der Waals surface area contributed by atoms with Crippen LogP contribution in [0.15, 0.2) is 67.5 Å². The lowest BCUT2D eigenvalue weighted by Gasteiger charge is -2.21. The van der Waals surface area contributed by atoms with Crippen molar-refractivity contribution in [1.82, 2.24) is 29.2 Å². The van der Waals surface area contributed by atoms with Gasteiger partial charge in [0, 0.05) is 66.6 Å². The lowest BCUT2D eigenvalue weighted by atomic mass is 10.1. The van der Waals surface area contributed by atoms with Gasteiger partial charge in [-0.25, -0.2) is 0 Å². The predicted molar refractivity (Wildman–Crippen MR) is 108 cm³/mol. The van der Waals surface area contributed by atoms with Crippen LogP contribution in [0.2, 0.25) is 0 Å². The molecule has 5 rings (SSSR count). The Hall–Kier alpha value is -3.74. The third-order valence-electron chi connectivity index (χ3n) is 5.28. The molecule has 0 N–H and O–H groups in total. The molecule has 0 bridgehead atoms. The normalized spacial score (nSPS) is 12.9. The number of hydrogen-bond acceptors (Lipinski definition) is 4. The highest BCUT2D eigenvalue weighted by Crippen LogP contribution is 2.32. The van der Waals surface area contributed by atoms with E-state index in [0.717, 1.165) is 28.1 Å². The Morgan fingerprint density at radius 2 is 1.93 bits per heavy atom. The first-order chi connectivity index (χ1) is 14.2. The summed E-state index contributed by atoms with van der Waals surface area (Å²) in [6.45, 7) is 1.69. The summed E-state index contributed by atoms with van der Waals surface area (Å²) < 4.78 is 4.00. The monoisotopic (exact) mass is 384 g/mol. The largest absolute Gasteiger partial charge is 0.352 e. The molecular formula is C22H20N6O. The first-order valence-corrected chi connectivity index (χ1v) is 9.48. The van der Waals surface area contributed by atoms with Gasteiger partial charge in [-0.15, -0.1) is 0 Å². The van der Waals surface area contributed by atoms with Crippen molar-refractivity contribution in [2.75, 3.05) is 0 Å². The van der Waals surface area contributed by atoms with E-state index >= 15 is 0 Å². The van der Waals surface area contributed by atoms with Crippen molar-refractivity contribution in [2.45, 2.75) is 19.6 Å². The molecule has 0 radical (unpaired) electrons. The molecule has 29 heavy (non-hydrogen) atoms. The van der Waals surface area contributed by atoms with Gasteiger partial charge in [0.05, 0.1) is 25.3 Å². The summed E-state index contributed by atoms with van der Waals surface area (Å²) in [7, 11) is 2.01. The van der Waals surface area contributed by atoms with Crippen LogP contribution in [0.25, 0.3) is 11.3 Å². The van der Waals surface area contributed by atoms with Gasteiger partial charge < -0.3 is 9.47 Å². The van der Waals surface area contributed by atoms with E-state index < -0.39 is 0 Å². The number of nitrogens with zero attached hydrogens (tertiary/aromatic N) is 6. The lowest BCUT2D eigenvalue weighted by molar-refractivity contribution is 0.0728. The third-order valence-corrected chi connectivity index (χ3v) is 5.28. The van der Waals surface area contributed by atoms with Gasteiger partial charge in [-0.1, -0.05) is 6.07 Å². The van der Waals surface area contributed by atoms with Gasteiger partial charge in [-0.05, 0) is 29.8 Å². The average molecular weight is 384 g/mol. The molecule has 7 nitrogen and oxygen atoms in total. The van der Waals surface area contributed by atoms with E-state index in [1.807, 2.05) is 47.4 Å². The number of hydrogen-bond donors (Lipinski definition) is 0. The molecule has 0 atom stereocenters. The maximum atomic E-state index is 13.2. The van der Waals surface area contributed by atoms with Gasteiger partial charge in [0.2, 0.25) is 0 Å². The van der Waals surface area contributed by atoms with Gasteiger partial charge in [0.1, 0.15) is 0 Å². The van der Waals surface area contributed by atoms with Gasteiger partial charge in [-0.3, -0.25) is 19.4 Å². The summed E-state index contributed by atoms with van der Waals surface area (Å²) in [6, 6.07) is 9.55. The van der Waals surface area contributed by atoms with Gasteiger partial charge >= 0.3 is 0 Å². The molecule has 5 heterocycles. The van der Waals surface area contributed by atoms with Crippen LogP contribution in [0.5, 0.6) is 0 Å². The van der Waals surface area contributed by atoms with Gasteiger partial charge in [-0.2, -0.15) is 5.10 Å². The van der Waals surface area contributed by atoms with Crippen LogP contribution < -0.4 is 0 Å². The van der Waals surface area contributed by atoms with Crippen LogP contribution >= 0.6 is 0 Å². The molecule has 144 valence electrons. The Balaban J connectivity index is 1.54. The quantitative estimate of drug-likeness (QED) is 0.545. The number of pyridine rings is 2. The van der Waals surface area contributed by atoms with E-state index in [1.54, 1.807) is 30.7 Å². The van der Waals surface area contributed by atoms with E-state index in [-0.39, 0.29) is 5.91 Å². The Morgan fingerprint density at radius 1 is 1.07 bits per heavy atom. The summed E-state index contributed by atoms with van der Waals surface area (Å²) in [5.41, 5.74) is 5.87. The smallest absolute Gasteiger partial charge is 0.254 e. The molecule has 0 saturated carbocycles. The van der Waals surface area contributed by atoms with Gasteiger partial charge in [0.25, 0.3) is 5.91 Å². The number of rotatable bonds is 3. The fourth-order valence-electron chi connectivity index (χ4n) is 3.80. The Bertz CT molecular complexity index is 1160. The van der Waals surface area contributed by atoms with E-state index in [4.69, 9.17) is 5.10 Å². The molecule has 4 aromatic rings. The van der Waals surface area contributed by atoms with Crippen molar-refractivity contribution < 1.29 is 4.79 Å². The Morgan fingerprint density at radius 3 is 2.72 bits per heavy atom. The summed E-state index contributed by atoms with van der Waals surface area (Å²) in [5, 5.41) is 4.85. The first-order valence-electron chi connectivity index (χ1n) is 9.48. The fraction of sp³-hybridized carbons (Fsp3) is 0.182. The minimum absolute atomic E-state index is 0.00703. The molecule has 1 aliphatic rings. The van der Waals surface area contributed by atoms with E-state index in [2.05, 4.69) is 20.6 Å². The number of aryl methyl sites for hydroxylation is 1. The van der Waals surface area contributed by atoms with Crippen molar-refractivity contribution in [1.29, 1.82) is 0 Å². The summed E-state index contributed by atoms with van der Waals surface area (Å²) >= 11 is 0. The Kier molecular flexibility index (Phi) is 4.20. The molecule has 7 heteroatoms. The predicted octanol–water partition coefficient (Wildman–Crippen LogP) is 2.88. The first kappa shape index (κ1) is 17.4. The molecule has 0 fully saturated rings. The topological polar surface area (TPSA) is 68.8 Å². The second-order valence-electron chi connectivity index (χ2n) is 7.25. The minimum Gasteiger partial charge on any atom is -0.352 e. The van der Waals surface area contributed by atoms with Crippen LogP contribution in [0.3, 0.4) is 0 Å². The average Bonchev–Trinajstić information content (AvgIpc) is 3.27. The van der Waals surface area contributed by atoms with Crippen LogP contribution in [0, 0.1) is 0 Å². The van der Waals surface area contributed by atoms with Crippen LogP contribution in [0.4, 0.5) is 0 Å². The SMILES string of the molecule is Cn1ccc2c1CN(C(=O)c1ccncc1)Cc1cn(Cc3cccnc3)nc1-2. The minimum atomic E-state index is -0.00703. The molecule has 0 spiro atoms.